The van der Waals surface area contributed by atoms with Gasteiger partial charge in [-0.25, -0.2) is 27.9 Å². The van der Waals surface area contributed by atoms with Crippen molar-refractivity contribution in [3.8, 4) is 11.4 Å². The van der Waals surface area contributed by atoms with Crippen LogP contribution in [0.15, 0.2) is 71.8 Å². The Hall–Kier alpha value is -3.72. The number of amides is 2. The average Bonchev–Trinajstić information content (AvgIpc) is 3.18. The van der Waals surface area contributed by atoms with Crippen LogP contribution >= 0.6 is 0 Å². The second-order valence-electron chi connectivity index (χ2n) is 7.08. The van der Waals surface area contributed by atoms with Crippen molar-refractivity contribution in [2.75, 3.05) is 6.54 Å². The predicted molar refractivity (Wildman–Crippen MR) is 118 cm³/mol. The molecule has 0 spiro atoms. The number of H-pyrrole nitrogens is 1. The van der Waals surface area contributed by atoms with Crippen LogP contribution in [-0.2, 0) is 16.4 Å². The zero-order valence-corrected chi connectivity index (χ0v) is 17.6. The summed E-state index contributed by atoms with van der Waals surface area (Å²) in [4.78, 5) is 24.0. The number of urea groups is 1. The van der Waals surface area contributed by atoms with Gasteiger partial charge in [0, 0.05) is 18.3 Å². The minimum atomic E-state index is -3.90. The fraction of sp³-hybridized carbons (Fsp3) is 0.136. The van der Waals surface area contributed by atoms with Crippen molar-refractivity contribution in [3.63, 3.8) is 0 Å². The third kappa shape index (κ3) is 4.89. The van der Waals surface area contributed by atoms with Crippen molar-refractivity contribution in [1.82, 2.24) is 25.0 Å². The van der Waals surface area contributed by atoms with Gasteiger partial charge in [-0.05, 0) is 43.2 Å². The monoisotopic (exact) mass is 435 g/mol. The summed E-state index contributed by atoms with van der Waals surface area (Å²) in [5, 5.41) is 2.58. The van der Waals surface area contributed by atoms with E-state index in [0.717, 1.165) is 28.0 Å². The Morgan fingerprint density at radius 3 is 2.48 bits per heavy atom. The molecular formula is C22H21N5O3S. The van der Waals surface area contributed by atoms with Crippen molar-refractivity contribution in [2.45, 2.75) is 18.2 Å². The Bertz CT molecular complexity index is 1280. The Morgan fingerprint density at radius 2 is 1.77 bits per heavy atom. The molecule has 0 radical (unpaired) electrons. The average molecular weight is 436 g/mol. The Balaban J connectivity index is 1.31. The number of rotatable bonds is 6. The van der Waals surface area contributed by atoms with E-state index in [1.165, 1.54) is 12.1 Å². The number of hydrogen-bond donors (Lipinski definition) is 3. The van der Waals surface area contributed by atoms with Crippen LogP contribution < -0.4 is 10.0 Å². The molecule has 3 N–H and O–H groups in total. The number of carbonyl (C=O) groups is 1. The zero-order valence-electron chi connectivity index (χ0n) is 16.8. The molecule has 0 saturated carbocycles. The van der Waals surface area contributed by atoms with Crippen LogP contribution in [0.25, 0.3) is 22.6 Å². The van der Waals surface area contributed by atoms with E-state index in [9.17, 15) is 13.2 Å². The van der Waals surface area contributed by atoms with Gasteiger partial charge >= 0.3 is 6.03 Å². The van der Waals surface area contributed by atoms with Crippen molar-refractivity contribution in [2.24, 2.45) is 0 Å². The largest absolute Gasteiger partial charge is 0.337 e. The van der Waals surface area contributed by atoms with E-state index in [0.29, 0.717) is 18.6 Å². The second kappa shape index (κ2) is 8.57. The first-order valence-electron chi connectivity index (χ1n) is 9.68. The summed E-state index contributed by atoms with van der Waals surface area (Å²) >= 11 is 0. The van der Waals surface area contributed by atoms with Gasteiger partial charge in [0.2, 0.25) is 0 Å². The Labute approximate surface area is 179 Å². The van der Waals surface area contributed by atoms with Gasteiger partial charge in [-0.1, -0.05) is 42.0 Å². The molecule has 2 amide bonds. The number of aromatic nitrogens is 3. The number of aromatic amines is 1. The molecule has 9 heteroatoms. The molecule has 31 heavy (non-hydrogen) atoms. The van der Waals surface area contributed by atoms with Crippen molar-refractivity contribution >= 4 is 27.2 Å². The number of carbonyl (C=O) groups excluding carboxylic acids is 1. The lowest BCUT2D eigenvalue weighted by atomic mass is 10.1. The van der Waals surface area contributed by atoms with Gasteiger partial charge in [0.1, 0.15) is 5.82 Å². The highest BCUT2D eigenvalue weighted by Gasteiger charge is 2.17. The molecule has 0 atom stereocenters. The normalized spacial score (nSPS) is 11.4. The number of nitrogens with one attached hydrogen (secondary N) is 3. The first-order valence-corrected chi connectivity index (χ1v) is 11.2. The number of hydrogen-bond acceptors (Lipinski definition) is 5. The van der Waals surface area contributed by atoms with Crippen molar-refractivity contribution < 1.29 is 13.2 Å². The van der Waals surface area contributed by atoms with Crippen LogP contribution in [0.2, 0.25) is 0 Å². The lowest BCUT2D eigenvalue weighted by molar-refractivity contribution is 0.246. The van der Waals surface area contributed by atoms with E-state index in [4.69, 9.17) is 0 Å². The molecule has 2 heterocycles. The molecule has 0 fully saturated rings. The highest BCUT2D eigenvalue weighted by Crippen LogP contribution is 2.19. The maximum Gasteiger partial charge on any atom is 0.328 e. The standard InChI is InChI=1S/C22H21N5O3S/c1-15-4-10-18(11-5-15)31(29,30)27-22(28)24-14-12-16-6-8-17(9-7-16)20-25-19-3-2-13-23-21(19)26-20/h2-11,13H,12,14H2,1H3,(H,23,25,26)(H2,24,27,28). The number of benzene rings is 2. The molecule has 0 saturated heterocycles. The SMILES string of the molecule is Cc1ccc(S(=O)(=O)NC(=O)NCCc2ccc(-c3nc4ncccc4[nH]3)cc2)cc1. The molecule has 2 aromatic heterocycles. The number of sulfonamides is 1. The minimum Gasteiger partial charge on any atom is -0.337 e. The third-order valence-corrected chi connectivity index (χ3v) is 6.09. The van der Waals surface area contributed by atoms with Crippen molar-refractivity contribution in [3.05, 3.63) is 78.0 Å². The molecule has 0 aliphatic carbocycles. The smallest absolute Gasteiger partial charge is 0.328 e. The maximum atomic E-state index is 12.2. The minimum absolute atomic E-state index is 0.0459. The summed E-state index contributed by atoms with van der Waals surface area (Å²) in [6.45, 7) is 2.15. The number of fused-ring (bicyclic) bond motifs is 1. The molecule has 4 rings (SSSR count). The summed E-state index contributed by atoms with van der Waals surface area (Å²) in [5.74, 6) is 0.735. The quantitative estimate of drug-likeness (QED) is 0.430. The zero-order chi connectivity index (χ0) is 21.8. The third-order valence-electron chi connectivity index (χ3n) is 4.74. The summed E-state index contributed by atoms with van der Waals surface area (Å²) in [7, 11) is -3.90. The molecule has 8 nitrogen and oxygen atoms in total. The number of nitrogens with zero attached hydrogens (tertiary/aromatic N) is 2. The van der Waals surface area contributed by atoms with Crippen LogP contribution in [0, 0.1) is 6.92 Å². The van der Waals surface area contributed by atoms with Crippen LogP contribution in [-0.4, -0.2) is 35.9 Å². The van der Waals surface area contributed by atoms with Gasteiger partial charge < -0.3 is 10.3 Å². The summed E-state index contributed by atoms with van der Waals surface area (Å²) in [5.41, 5.74) is 4.40. The molecule has 2 aromatic carbocycles. The van der Waals surface area contributed by atoms with Gasteiger partial charge in [0.05, 0.1) is 10.4 Å². The van der Waals surface area contributed by atoms with Gasteiger partial charge in [-0.15, -0.1) is 0 Å². The number of pyridine rings is 1. The molecule has 4 aromatic rings. The summed E-state index contributed by atoms with van der Waals surface area (Å²) in [6.07, 6.45) is 2.26. The lowest BCUT2D eigenvalue weighted by Gasteiger charge is -2.09. The summed E-state index contributed by atoms with van der Waals surface area (Å²) in [6, 6.07) is 17.1. The molecule has 0 unspecified atom stereocenters. The van der Waals surface area contributed by atoms with E-state index < -0.39 is 16.1 Å². The van der Waals surface area contributed by atoms with Crippen LogP contribution in [0.3, 0.4) is 0 Å². The fourth-order valence-electron chi connectivity index (χ4n) is 3.07. The first-order chi connectivity index (χ1) is 14.9. The van der Waals surface area contributed by atoms with Gasteiger partial charge in [0.25, 0.3) is 10.0 Å². The molecule has 158 valence electrons. The first kappa shape index (κ1) is 20.5. The topological polar surface area (TPSA) is 117 Å². The van der Waals surface area contributed by atoms with E-state index in [1.807, 2.05) is 48.0 Å². The maximum absolute atomic E-state index is 12.2. The molecular weight excluding hydrogens is 414 g/mol. The fourth-order valence-corrected chi connectivity index (χ4v) is 3.99. The molecule has 0 bridgehead atoms. The van der Waals surface area contributed by atoms with Gasteiger partial charge in [-0.3, -0.25) is 0 Å². The van der Waals surface area contributed by atoms with Gasteiger partial charge in [-0.2, -0.15) is 0 Å². The van der Waals surface area contributed by atoms with E-state index >= 15 is 0 Å². The van der Waals surface area contributed by atoms with E-state index in [-0.39, 0.29) is 4.90 Å². The van der Waals surface area contributed by atoms with Crippen molar-refractivity contribution in [1.29, 1.82) is 0 Å². The highest BCUT2D eigenvalue weighted by atomic mass is 32.2. The predicted octanol–water partition coefficient (Wildman–Crippen LogP) is 3.16. The number of aryl methyl sites for hydroxylation is 1. The summed E-state index contributed by atoms with van der Waals surface area (Å²) < 4.78 is 26.5. The van der Waals surface area contributed by atoms with Gasteiger partial charge in [0.15, 0.2) is 5.65 Å². The number of imidazole rings is 1. The highest BCUT2D eigenvalue weighted by molar-refractivity contribution is 7.90. The molecule has 0 aliphatic rings. The Morgan fingerprint density at radius 1 is 1.03 bits per heavy atom. The van der Waals surface area contributed by atoms with Crippen LogP contribution in [0.5, 0.6) is 0 Å². The van der Waals surface area contributed by atoms with Crippen LogP contribution in [0.4, 0.5) is 4.79 Å². The lowest BCUT2D eigenvalue weighted by Crippen LogP contribution is -2.40. The van der Waals surface area contributed by atoms with E-state index in [1.54, 1.807) is 18.3 Å². The second-order valence-corrected chi connectivity index (χ2v) is 8.76. The van der Waals surface area contributed by atoms with Crippen LogP contribution in [0.1, 0.15) is 11.1 Å². The van der Waals surface area contributed by atoms with E-state index in [2.05, 4.69) is 20.3 Å². The molecule has 0 aliphatic heterocycles. The Kier molecular flexibility index (Phi) is 5.68.